The number of aromatic nitrogens is 1. The van der Waals surface area contributed by atoms with Crippen molar-refractivity contribution in [3.63, 3.8) is 0 Å². The maximum Gasteiger partial charge on any atom is 0.325 e. The number of hydrogen-bond donors (Lipinski definition) is 3. The maximum atomic E-state index is 12.1. The maximum absolute atomic E-state index is 12.1. The number of thiazole rings is 1. The number of halogens is 1. The smallest absolute Gasteiger partial charge is 0.325 e. The quantitative estimate of drug-likeness (QED) is 0.667. The summed E-state index contributed by atoms with van der Waals surface area (Å²) >= 11 is 7.02. The second kappa shape index (κ2) is 8.65. The lowest BCUT2D eigenvalue weighted by molar-refractivity contribution is 0.0956. The molecule has 0 aliphatic heterocycles. The molecule has 6 nitrogen and oxygen atoms in total. The molecule has 2 rings (SSSR count). The van der Waals surface area contributed by atoms with Gasteiger partial charge in [-0.15, -0.1) is 0 Å². The fourth-order valence-electron chi connectivity index (χ4n) is 1.95. The number of urea groups is 1. The van der Waals surface area contributed by atoms with E-state index in [-0.39, 0.29) is 5.91 Å². The van der Waals surface area contributed by atoms with Crippen LogP contribution in [-0.4, -0.2) is 23.5 Å². The zero-order valence-corrected chi connectivity index (χ0v) is 15.1. The molecule has 0 aliphatic carbocycles. The lowest BCUT2D eigenvalue weighted by atomic mass is 10.3. The molecule has 0 saturated heterocycles. The minimum Gasteiger partial charge on any atom is -0.351 e. The molecule has 1 aromatic heterocycles. The largest absolute Gasteiger partial charge is 0.351 e. The van der Waals surface area contributed by atoms with Gasteiger partial charge in [0.25, 0.3) is 5.91 Å². The Morgan fingerprint density at radius 3 is 2.79 bits per heavy atom. The highest BCUT2D eigenvalue weighted by molar-refractivity contribution is 7.17. The molecule has 0 saturated carbocycles. The highest BCUT2D eigenvalue weighted by Crippen LogP contribution is 2.23. The summed E-state index contributed by atoms with van der Waals surface area (Å²) in [4.78, 5) is 28.8. The van der Waals surface area contributed by atoms with Gasteiger partial charge in [0.05, 0.1) is 5.69 Å². The molecule has 0 aliphatic rings. The van der Waals surface area contributed by atoms with Crippen LogP contribution in [0.5, 0.6) is 0 Å². The first kappa shape index (κ1) is 18.2. The first-order valence-corrected chi connectivity index (χ1v) is 8.78. The van der Waals surface area contributed by atoms with Crippen LogP contribution in [-0.2, 0) is 0 Å². The third-order valence-electron chi connectivity index (χ3n) is 3.12. The van der Waals surface area contributed by atoms with Crippen LogP contribution in [0.15, 0.2) is 24.3 Å². The van der Waals surface area contributed by atoms with Crippen LogP contribution < -0.4 is 16.0 Å². The number of rotatable bonds is 6. The van der Waals surface area contributed by atoms with Crippen molar-refractivity contribution in [2.24, 2.45) is 0 Å². The normalized spacial score (nSPS) is 10.3. The number of aryl methyl sites for hydroxylation is 1. The van der Waals surface area contributed by atoms with Crippen molar-refractivity contribution in [2.75, 3.05) is 17.2 Å². The van der Waals surface area contributed by atoms with E-state index in [0.717, 1.165) is 24.2 Å². The Labute approximate surface area is 149 Å². The van der Waals surface area contributed by atoms with Crippen LogP contribution >= 0.6 is 22.9 Å². The summed E-state index contributed by atoms with van der Waals surface area (Å²) in [6, 6.07) is 6.39. The van der Waals surface area contributed by atoms with Crippen molar-refractivity contribution in [3.05, 3.63) is 39.9 Å². The molecule has 3 amide bonds. The topological polar surface area (TPSA) is 83.1 Å². The van der Waals surface area contributed by atoms with E-state index in [0.29, 0.717) is 33.0 Å². The van der Waals surface area contributed by atoms with Crippen LogP contribution in [0.2, 0.25) is 5.02 Å². The Morgan fingerprint density at radius 2 is 2.08 bits per heavy atom. The third-order valence-corrected chi connectivity index (χ3v) is 4.43. The number of hydrogen-bond acceptors (Lipinski definition) is 4. The summed E-state index contributed by atoms with van der Waals surface area (Å²) in [5, 5.41) is 9.03. The number of unbranched alkanes of at least 4 members (excludes halogenated alkanes) is 1. The van der Waals surface area contributed by atoms with Gasteiger partial charge in [-0.2, -0.15) is 0 Å². The Kier molecular flexibility index (Phi) is 6.57. The Hall–Kier alpha value is -2.12. The summed E-state index contributed by atoms with van der Waals surface area (Å²) < 4.78 is 0. The van der Waals surface area contributed by atoms with E-state index in [1.165, 1.54) is 0 Å². The zero-order valence-electron chi connectivity index (χ0n) is 13.5. The van der Waals surface area contributed by atoms with E-state index in [1.54, 1.807) is 31.2 Å². The summed E-state index contributed by atoms with van der Waals surface area (Å²) in [5.74, 6) is -0.165. The lowest BCUT2D eigenvalue weighted by Gasteiger charge is -2.05. The molecule has 1 aromatic carbocycles. The van der Waals surface area contributed by atoms with Crippen molar-refractivity contribution >= 4 is 45.7 Å². The number of amides is 3. The first-order chi connectivity index (χ1) is 11.5. The van der Waals surface area contributed by atoms with Crippen molar-refractivity contribution in [3.8, 4) is 0 Å². The highest BCUT2D eigenvalue weighted by Gasteiger charge is 2.16. The number of carbonyl (C=O) groups is 2. The molecular formula is C16H19ClN4O2S. The third kappa shape index (κ3) is 5.21. The molecule has 128 valence electrons. The summed E-state index contributed by atoms with van der Waals surface area (Å²) in [6.45, 7) is 4.43. The molecule has 0 unspecified atom stereocenters. The SMILES string of the molecule is CCCCNC(=O)c1sc(NC(=O)Nc2cccc(Cl)c2)nc1C. The van der Waals surface area contributed by atoms with Crippen LogP contribution in [0, 0.1) is 6.92 Å². The van der Waals surface area contributed by atoms with Crippen molar-refractivity contribution in [1.29, 1.82) is 0 Å². The van der Waals surface area contributed by atoms with Crippen LogP contribution in [0.3, 0.4) is 0 Å². The minimum absolute atomic E-state index is 0.165. The molecule has 0 atom stereocenters. The molecule has 0 radical (unpaired) electrons. The zero-order chi connectivity index (χ0) is 17.5. The van der Waals surface area contributed by atoms with Gasteiger partial charge in [0.2, 0.25) is 0 Å². The first-order valence-electron chi connectivity index (χ1n) is 7.58. The fourth-order valence-corrected chi connectivity index (χ4v) is 3.01. The standard InChI is InChI=1S/C16H19ClN4O2S/c1-3-4-8-18-14(22)13-10(2)19-16(24-13)21-15(23)20-12-7-5-6-11(17)9-12/h5-7,9H,3-4,8H2,1-2H3,(H,18,22)(H2,19,20,21,23). The molecule has 0 spiro atoms. The van der Waals surface area contributed by atoms with Crippen LogP contribution in [0.25, 0.3) is 0 Å². The molecule has 0 fully saturated rings. The van der Waals surface area contributed by atoms with Gasteiger partial charge in [-0.05, 0) is 31.5 Å². The van der Waals surface area contributed by atoms with Crippen LogP contribution in [0.4, 0.5) is 15.6 Å². The van der Waals surface area contributed by atoms with E-state index >= 15 is 0 Å². The molecule has 1 heterocycles. The van der Waals surface area contributed by atoms with E-state index < -0.39 is 6.03 Å². The molecule has 3 N–H and O–H groups in total. The number of anilines is 2. The summed E-state index contributed by atoms with van der Waals surface area (Å²) in [7, 11) is 0. The van der Waals surface area contributed by atoms with Crippen molar-refractivity contribution in [1.82, 2.24) is 10.3 Å². The second-order valence-electron chi connectivity index (χ2n) is 5.13. The predicted molar refractivity (Wildman–Crippen MR) is 98.2 cm³/mol. The summed E-state index contributed by atoms with van der Waals surface area (Å²) in [5.41, 5.74) is 1.16. The van der Waals surface area contributed by atoms with E-state index in [2.05, 4.69) is 27.9 Å². The van der Waals surface area contributed by atoms with Crippen LogP contribution in [0.1, 0.15) is 35.1 Å². The molecule has 0 bridgehead atoms. The van der Waals surface area contributed by atoms with Gasteiger partial charge in [0.15, 0.2) is 5.13 Å². The van der Waals surface area contributed by atoms with Crippen molar-refractivity contribution < 1.29 is 9.59 Å². The predicted octanol–water partition coefficient (Wildman–Crippen LogP) is 4.28. The molecule has 2 aromatic rings. The van der Waals surface area contributed by atoms with Gasteiger partial charge in [0.1, 0.15) is 4.88 Å². The second-order valence-corrected chi connectivity index (χ2v) is 6.57. The highest BCUT2D eigenvalue weighted by atomic mass is 35.5. The molecule has 24 heavy (non-hydrogen) atoms. The van der Waals surface area contributed by atoms with Gasteiger partial charge in [0, 0.05) is 17.3 Å². The monoisotopic (exact) mass is 366 g/mol. The average Bonchev–Trinajstić information content (AvgIpc) is 2.87. The van der Waals surface area contributed by atoms with Gasteiger partial charge in [-0.3, -0.25) is 10.1 Å². The number of benzene rings is 1. The number of nitrogens with zero attached hydrogens (tertiary/aromatic N) is 1. The summed E-state index contributed by atoms with van der Waals surface area (Å²) in [6.07, 6.45) is 1.94. The Bertz CT molecular complexity index is 733. The number of nitrogens with one attached hydrogen (secondary N) is 3. The fraction of sp³-hybridized carbons (Fsp3) is 0.312. The Morgan fingerprint density at radius 1 is 1.29 bits per heavy atom. The van der Waals surface area contributed by atoms with Gasteiger partial charge in [-0.25, -0.2) is 9.78 Å². The van der Waals surface area contributed by atoms with Gasteiger partial charge >= 0.3 is 6.03 Å². The Balaban J connectivity index is 1.96. The number of carbonyl (C=O) groups excluding carboxylic acids is 2. The lowest BCUT2D eigenvalue weighted by Crippen LogP contribution is -2.24. The van der Waals surface area contributed by atoms with E-state index in [4.69, 9.17) is 11.6 Å². The average molecular weight is 367 g/mol. The van der Waals surface area contributed by atoms with E-state index in [9.17, 15) is 9.59 Å². The van der Waals surface area contributed by atoms with Crippen molar-refractivity contribution in [2.45, 2.75) is 26.7 Å². The molecule has 8 heteroatoms. The minimum atomic E-state index is -0.441. The van der Waals surface area contributed by atoms with Gasteiger partial charge < -0.3 is 10.6 Å². The van der Waals surface area contributed by atoms with E-state index in [1.807, 2.05) is 0 Å². The molecular weight excluding hydrogens is 348 g/mol. The van der Waals surface area contributed by atoms with Gasteiger partial charge in [-0.1, -0.05) is 42.3 Å².